The van der Waals surface area contributed by atoms with Crippen LogP contribution in [-0.2, 0) is 11.3 Å². The van der Waals surface area contributed by atoms with E-state index in [4.69, 9.17) is 0 Å². The van der Waals surface area contributed by atoms with Crippen LogP contribution in [0, 0.1) is 19.8 Å². The van der Waals surface area contributed by atoms with Crippen LogP contribution in [0.2, 0.25) is 0 Å². The molecule has 3 rings (SSSR count). The van der Waals surface area contributed by atoms with E-state index >= 15 is 0 Å². The second-order valence-electron chi connectivity index (χ2n) is 6.84. The second kappa shape index (κ2) is 7.63. The Bertz CT molecular complexity index is 702. The van der Waals surface area contributed by atoms with Crippen LogP contribution in [0.5, 0.6) is 0 Å². The predicted octanol–water partition coefficient (Wildman–Crippen LogP) is 4.15. The van der Waals surface area contributed by atoms with Crippen molar-refractivity contribution >= 4 is 11.6 Å². The molecule has 0 spiro atoms. The molecule has 0 atom stereocenters. The second-order valence-corrected chi connectivity index (χ2v) is 6.84. The topological polar surface area (TPSA) is 32.3 Å². The first-order valence-corrected chi connectivity index (χ1v) is 8.76. The first-order valence-electron chi connectivity index (χ1n) is 8.76. The Kier molecular flexibility index (Phi) is 5.31. The standard InChI is InChI=1S/C21H26N2O/c1-16-6-5-9-20(14-16)22-21(24)18-10-12-23(13-11-18)15-19-8-4-3-7-17(19)2/h3-9,14,18H,10-13,15H2,1-2H3,(H,22,24). The number of aryl methyl sites for hydroxylation is 2. The molecule has 24 heavy (non-hydrogen) atoms. The summed E-state index contributed by atoms with van der Waals surface area (Å²) in [6, 6.07) is 16.5. The van der Waals surface area contributed by atoms with Crippen molar-refractivity contribution in [3.05, 3.63) is 65.2 Å². The Hall–Kier alpha value is -2.13. The average Bonchev–Trinajstić information content (AvgIpc) is 2.57. The smallest absolute Gasteiger partial charge is 0.227 e. The van der Waals surface area contributed by atoms with E-state index in [0.29, 0.717) is 0 Å². The predicted molar refractivity (Wildman–Crippen MR) is 99.0 cm³/mol. The zero-order valence-electron chi connectivity index (χ0n) is 14.6. The van der Waals surface area contributed by atoms with Crippen molar-refractivity contribution in [1.82, 2.24) is 4.90 Å². The van der Waals surface area contributed by atoms with Crippen LogP contribution >= 0.6 is 0 Å². The number of hydrogen-bond acceptors (Lipinski definition) is 2. The van der Waals surface area contributed by atoms with Gasteiger partial charge in [-0.15, -0.1) is 0 Å². The van der Waals surface area contributed by atoms with Crippen molar-refractivity contribution in [2.75, 3.05) is 18.4 Å². The SMILES string of the molecule is Cc1cccc(NC(=O)C2CCN(Cc3ccccc3C)CC2)c1. The summed E-state index contributed by atoms with van der Waals surface area (Å²) in [7, 11) is 0. The van der Waals surface area contributed by atoms with E-state index in [2.05, 4.69) is 41.4 Å². The van der Waals surface area contributed by atoms with Gasteiger partial charge in [0.15, 0.2) is 0 Å². The van der Waals surface area contributed by atoms with Gasteiger partial charge in [-0.05, 0) is 68.6 Å². The van der Waals surface area contributed by atoms with Gasteiger partial charge >= 0.3 is 0 Å². The summed E-state index contributed by atoms with van der Waals surface area (Å²) < 4.78 is 0. The zero-order chi connectivity index (χ0) is 16.9. The lowest BCUT2D eigenvalue weighted by Gasteiger charge is -2.31. The summed E-state index contributed by atoms with van der Waals surface area (Å²) in [4.78, 5) is 14.9. The molecule has 0 unspecified atom stereocenters. The minimum atomic E-state index is 0.124. The lowest BCUT2D eigenvalue weighted by molar-refractivity contribution is -0.121. The number of amides is 1. The molecule has 1 heterocycles. The number of nitrogens with zero attached hydrogens (tertiary/aromatic N) is 1. The van der Waals surface area contributed by atoms with Gasteiger partial charge in [-0.25, -0.2) is 0 Å². The molecule has 2 aromatic rings. The molecule has 3 heteroatoms. The van der Waals surface area contributed by atoms with E-state index in [1.807, 2.05) is 31.2 Å². The highest BCUT2D eigenvalue weighted by atomic mass is 16.1. The van der Waals surface area contributed by atoms with Gasteiger partial charge in [0.25, 0.3) is 0 Å². The lowest BCUT2D eigenvalue weighted by Crippen LogP contribution is -2.37. The highest BCUT2D eigenvalue weighted by Gasteiger charge is 2.25. The van der Waals surface area contributed by atoms with Crippen LogP contribution < -0.4 is 5.32 Å². The molecule has 1 aliphatic heterocycles. The first-order chi connectivity index (χ1) is 11.6. The monoisotopic (exact) mass is 322 g/mol. The summed E-state index contributed by atoms with van der Waals surface area (Å²) in [5.74, 6) is 0.287. The van der Waals surface area contributed by atoms with Crippen LogP contribution in [0.4, 0.5) is 5.69 Å². The average molecular weight is 322 g/mol. The molecule has 0 aliphatic carbocycles. The van der Waals surface area contributed by atoms with Gasteiger partial charge in [0.1, 0.15) is 0 Å². The number of likely N-dealkylation sites (tertiary alicyclic amines) is 1. The summed E-state index contributed by atoms with van der Waals surface area (Å²) in [6.07, 6.45) is 1.87. The van der Waals surface area contributed by atoms with Gasteiger partial charge in [0.2, 0.25) is 5.91 Å². The summed E-state index contributed by atoms with van der Waals surface area (Å²) in [5, 5.41) is 3.07. The molecule has 0 aromatic heterocycles. The van der Waals surface area contributed by atoms with Crippen LogP contribution in [0.25, 0.3) is 0 Å². The minimum Gasteiger partial charge on any atom is -0.326 e. The number of anilines is 1. The van der Waals surface area contributed by atoms with E-state index in [9.17, 15) is 4.79 Å². The molecule has 0 saturated carbocycles. The fourth-order valence-electron chi connectivity index (χ4n) is 3.35. The highest BCUT2D eigenvalue weighted by Crippen LogP contribution is 2.22. The molecular formula is C21H26N2O. The normalized spacial score (nSPS) is 16.1. The highest BCUT2D eigenvalue weighted by molar-refractivity contribution is 5.92. The van der Waals surface area contributed by atoms with Crippen molar-refractivity contribution in [2.24, 2.45) is 5.92 Å². The van der Waals surface area contributed by atoms with Crippen molar-refractivity contribution in [3.8, 4) is 0 Å². The minimum absolute atomic E-state index is 0.124. The van der Waals surface area contributed by atoms with E-state index in [-0.39, 0.29) is 11.8 Å². The van der Waals surface area contributed by atoms with Crippen LogP contribution in [-0.4, -0.2) is 23.9 Å². The fourth-order valence-corrected chi connectivity index (χ4v) is 3.35. The quantitative estimate of drug-likeness (QED) is 0.917. The van der Waals surface area contributed by atoms with E-state index in [1.54, 1.807) is 0 Å². The van der Waals surface area contributed by atoms with Gasteiger partial charge in [0, 0.05) is 18.2 Å². The Morgan fingerprint density at radius 1 is 1.08 bits per heavy atom. The Balaban J connectivity index is 1.51. The number of carbonyl (C=O) groups excluding carboxylic acids is 1. The Labute approximate surface area is 144 Å². The summed E-state index contributed by atoms with van der Waals surface area (Å²) >= 11 is 0. The molecule has 1 amide bonds. The van der Waals surface area contributed by atoms with E-state index in [0.717, 1.165) is 38.2 Å². The molecule has 1 fully saturated rings. The third-order valence-corrected chi connectivity index (χ3v) is 4.90. The van der Waals surface area contributed by atoms with Crippen molar-refractivity contribution in [1.29, 1.82) is 0 Å². The molecule has 0 bridgehead atoms. The first kappa shape index (κ1) is 16.7. The lowest BCUT2D eigenvalue weighted by atomic mass is 9.95. The maximum Gasteiger partial charge on any atom is 0.227 e. The molecule has 1 saturated heterocycles. The molecular weight excluding hydrogens is 296 g/mol. The molecule has 1 N–H and O–H groups in total. The number of carbonyl (C=O) groups is 1. The summed E-state index contributed by atoms with van der Waals surface area (Å²) in [6.45, 7) is 7.16. The van der Waals surface area contributed by atoms with E-state index in [1.165, 1.54) is 16.7 Å². The van der Waals surface area contributed by atoms with Gasteiger partial charge in [-0.3, -0.25) is 9.69 Å². The Morgan fingerprint density at radius 2 is 1.83 bits per heavy atom. The third-order valence-electron chi connectivity index (χ3n) is 4.90. The zero-order valence-corrected chi connectivity index (χ0v) is 14.6. The molecule has 3 nitrogen and oxygen atoms in total. The van der Waals surface area contributed by atoms with Gasteiger partial charge in [-0.1, -0.05) is 36.4 Å². The van der Waals surface area contributed by atoms with Gasteiger partial charge in [-0.2, -0.15) is 0 Å². The third kappa shape index (κ3) is 4.24. The van der Waals surface area contributed by atoms with E-state index < -0.39 is 0 Å². The number of benzene rings is 2. The molecule has 126 valence electrons. The van der Waals surface area contributed by atoms with Gasteiger partial charge in [0.05, 0.1) is 0 Å². The Morgan fingerprint density at radius 3 is 2.54 bits per heavy atom. The van der Waals surface area contributed by atoms with Crippen molar-refractivity contribution < 1.29 is 4.79 Å². The maximum absolute atomic E-state index is 12.5. The maximum atomic E-state index is 12.5. The number of rotatable bonds is 4. The van der Waals surface area contributed by atoms with Crippen LogP contribution in [0.15, 0.2) is 48.5 Å². The number of hydrogen-bond donors (Lipinski definition) is 1. The molecule has 1 aliphatic rings. The van der Waals surface area contributed by atoms with Crippen LogP contribution in [0.3, 0.4) is 0 Å². The number of piperidine rings is 1. The van der Waals surface area contributed by atoms with Crippen molar-refractivity contribution in [2.45, 2.75) is 33.2 Å². The van der Waals surface area contributed by atoms with Gasteiger partial charge < -0.3 is 5.32 Å². The number of nitrogens with one attached hydrogen (secondary N) is 1. The largest absolute Gasteiger partial charge is 0.326 e. The molecule has 2 aromatic carbocycles. The van der Waals surface area contributed by atoms with Crippen LogP contribution in [0.1, 0.15) is 29.5 Å². The molecule has 0 radical (unpaired) electrons. The van der Waals surface area contributed by atoms with Crippen molar-refractivity contribution in [3.63, 3.8) is 0 Å². The summed E-state index contributed by atoms with van der Waals surface area (Å²) in [5.41, 5.74) is 4.81. The fraction of sp³-hybridized carbons (Fsp3) is 0.381.